The SMILES string of the molecule is COC(=O)C(CC(C)C)NC(=O)COC(=O)CCCN(C)S(=O)(=O)c1ccc(F)cc1. The molecular formula is C20H29FN2O7S. The molecule has 0 aromatic heterocycles. The molecule has 0 heterocycles. The number of hydrogen-bond donors (Lipinski definition) is 1. The molecule has 1 amide bonds. The van der Waals surface area contributed by atoms with E-state index in [0.29, 0.717) is 6.42 Å². The van der Waals surface area contributed by atoms with E-state index >= 15 is 0 Å². The summed E-state index contributed by atoms with van der Waals surface area (Å²) in [5, 5.41) is 2.47. The molecule has 0 saturated carbocycles. The smallest absolute Gasteiger partial charge is 0.328 e. The molecule has 31 heavy (non-hydrogen) atoms. The number of carbonyl (C=O) groups excluding carboxylic acids is 3. The normalized spacial score (nSPS) is 12.5. The van der Waals surface area contributed by atoms with Crippen molar-refractivity contribution in [3.8, 4) is 0 Å². The Morgan fingerprint density at radius 3 is 2.32 bits per heavy atom. The lowest BCUT2D eigenvalue weighted by molar-refractivity contribution is -0.150. The molecule has 1 unspecified atom stereocenters. The fourth-order valence-electron chi connectivity index (χ4n) is 2.63. The van der Waals surface area contributed by atoms with Gasteiger partial charge in [-0.15, -0.1) is 0 Å². The lowest BCUT2D eigenvalue weighted by Crippen LogP contribution is -2.44. The number of amides is 1. The minimum atomic E-state index is -3.81. The number of esters is 2. The number of rotatable bonds is 12. The van der Waals surface area contributed by atoms with Crippen molar-refractivity contribution in [3.05, 3.63) is 30.1 Å². The Morgan fingerprint density at radius 2 is 1.77 bits per heavy atom. The zero-order valence-electron chi connectivity index (χ0n) is 18.1. The molecule has 0 aliphatic carbocycles. The molecule has 0 saturated heterocycles. The van der Waals surface area contributed by atoms with Crippen molar-refractivity contribution in [2.45, 2.75) is 44.0 Å². The van der Waals surface area contributed by atoms with Gasteiger partial charge in [0, 0.05) is 20.0 Å². The molecule has 1 atom stereocenters. The second-order valence-electron chi connectivity index (χ2n) is 7.32. The Morgan fingerprint density at radius 1 is 1.16 bits per heavy atom. The molecule has 9 nitrogen and oxygen atoms in total. The molecule has 0 bridgehead atoms. The van der Waals surface area contributed by atoms with E-state index in [2.05, 4.69) is 10.1 Å². The van der Waals surface area contributed by atoms with Gasteiger partial charge >= 0.3 is 11.9 Å². The minimum absolute atomic E-state index is 0.0276. The highest BCUT2D eigenvalue weighted by Crippen LogP contribution is 2.15. The van der Waals surface area contributed by atoms with Crippen LogP contribution in [0.3, 0.4) is 0 Å². The number of sulfonamides is 1. The van der Waals surface area contributed by atoms with E-state index in [0.717, 1.165) is 28.6 Å². The summed E-state index contributed by atoms with van der Waals surface area (Å²) in [5.74, 6) is -2.31. The van der Waals surface area contributed by atoms with E-state index < -0.39 is 46.3 Å². The third-order valence-electron chi connectivity index (χ3n) is 4.27. The molecule has 1 N–H and O–H groups in total. The van der Waals surface area contributed by atoms with Crippen molar-refractivity contribution in [1.82, 2.24) is 9.62 Å². The summed E-state index contributed by atoms with van der Waals surface area (Å²) in [6.45, 7) is 3.23. The fourth-order valence-corrected chi connectivity index (χ4v) is 3.84. The number of halogens is 1. The molecule has 0 radical (unpaired) electrons. The summed E-state index contributed by atoms with van der Waals surface area (Å²) in [5.41, 5.74) is 0. The van der Waals surface area contributed by atoms with Crippen LogP contribution in [-0.2, 0) is 33.9 Å². The van der Waals surface area contributed by atoms with Gasteiger partial charge in [-0.3, -0.25) is 9.59 Å². The van der Waals surface area contributed by atoms with Crippen LogP contribution in [0.25, 0.3) is 0 Å². The average Bonchev–Trinajstić information content (AvgIpc) is 2.71. The zero-order valence-corrected chi connectivity index (χ0v) is 18.9. The van der Waals surface area contributed by atoms with Gasteiger partial charge in [0.1, 0.15) is 11.9 Å². The first-order valence-corrected chi connectivity index (χ1v) is 11.2. The molecule has 1 aromatic carbocycles. The number of nitrogens with one attached hydrogen (secondary N) is 1. The van der Waals surface area contributed by atoms with E-state index in [-0.39, 0.29) is 30.2 Å². The Hall–Kier alpha value is -2.53. The van der Waals surface area contributed by atoms with Crippen molar-refractivity contribution >= 4 is 27.9 Å². The van der Waals surface area contributed by atoms with E-state index in [1.54, 1.807) is 0 Å². The molecule has 1 rings (SSSR count). The monoisotopic (exact) mass is 460 g/mol. The number of nitrogens with zero attached hydrogens (tertiary/aromatic N) is 1. The highest BCUT2D eigenvalue weighted by molar-refractivity contribution is 7.89. The fraction of sp³-hybridized carbons (Fsp3) is 0.550. The van der Waals surface area contributed by atoms with Gasteiger partial charge in [0.25, 0.3) is 5.91 Å². The Kier molecular flexibility index (Phi) is 10.6. The third kappa shape index (κ3) is 9.01. The Balaban J connectivity index is 2.43. The lowest BCUT2D eigenvalue weighted by Gasteiger charge is -2.18. The van der Waals surface area contributed by atoms with Crippen LogP contribution >= 0.6 is 0 Å². The van der Waals surface area contributed by atoms with Crippen LogP contribution in [0.4, 0.5) is 4.39 Å². The number of hydrogen-bond acceptors (Lipinski definition) is 7. The molecule has 11 heteroatoms. The van der Waals surface area contributed by atoms with Gasteiger partial charge < -0.3 is 14.8 Å². The molecule has 0 aliphatic heterocycles. The largest absolute Gasteiger partial charge is 0.467 e. The number of carbonyl (C=O) groups is 3. The third-order valence-corrected chi connectivity index (χ3v) is 6.14. The molecule has 0 fully saturated rings. The number of methoxy groups -OCH3 is 1. The van der Waals surface area contributed by atoms with Gasteiger partial charge in [-0.1, -0.05) is 13.8 Å². The van der Waals surface area contributed by atoms with E-state index in [9.17, 15) is 27.2 Å². The zero-order chi connectivity index (χ0) is 23.6. The molecule has 0 aliphatic rings. The predicted molar refractivity (Wildman–Crippen MR) is 110 cm³/mol. The van der Waals surface area contributed by atoms with Crippen LogP contribution in [0, 0.1) is 11.7 Å². The average molecular weight is 461 g/mol. The van der Waals surface area contributed by atoms with Crippen molar-refractivity contribution < 1.29 is 36.7 Å². The summed E-state index contributed by atoms with van der Waals surface area (Å²) in [7, 11) is -1.24. The molecular weight excluding hydrogens is 431 g/mol. The number of ether oxygens (including phenoxy) is 2. The Bertz CT molecular complexity index is 857. The van der Waals surface area contributed by atoms with Crippen LogP contribution in [-0.4, -0.2) is 63.9 Å². The Labute approximate surface area is 181 Å². The summed E-state index contributed by atoms with van der Waals surface area (Å²) in [6.07, 6.45) is 0.430. The summed E-state index contributed by atoms with van der Waals surface area (Å²) < 4.78 is 48.3. The standard InChI is InChI=1S/C20H29FN2O7S/c1-14(2)12-17(20(26)29-4)22-18(24)13-30-19(25)6-5-11-23(3)31(27,28)16-9-7-15(21)8-10-16/h7-10,14,17H,5-6,11-13H2,1-4H3,(H,22,24). The van der Waals surface area contributed by atoms with Crippen molar-refractivity contribution in [2.24, 2.45) is 5.92 Å². The summed E-state index contributed by atoms with van der Waals surface area (Å²) in [6, 6.07) is 3.59. The lowest BCUT2D eigenvalue weighted by atomic mass is 10.0. The van der Waals surface area contributed by atoms with E-state index in [4.69, 9.17) is 4.74 Å². The maximum absolute atomic E-state index is 13.0. The second kappa shape index (κ2) is 12.4. The van der Waals surface area contributed by atoms with Crippen molar-refractivity contribution in [3.63, 3.8) is 0 Å². The second-order valence-corrected chi connectivity index (χ2v) is 9.36. The predicted octanol–water partition coefficient (Wildman–Crippen LogP) is 1.47. The summed E-state index contributed by atoms with van der Waals surface area (Å²) >= 11 is 0. The van der Waals surface area contributed by atoms with Crippen LogP contribution in [0.5, 0.6) is 0 Å². The van der Waals surface area contributed by atoms with Crippen LogP contribution in [0.1, 0.15) is 33.1 Å². The number of benzene rings is 1. The van der Waals surface area contributed by atoms with Crippen LogP contribution in [0.2, 0.25) is 0 Å². The van der Waals surface area contributed by atoms with Crippen molar-refractivity contribution in [1.29, 1.82) is 0 Å². The molecule has 174 valence electrons. The first-order valence-electron chi connectivity index (χ1n) is 9.72. The maximum Gasteiger partial charge on any atom is 0.328 e. The molecule has 1 aromatic rings. The first kappa shape index (κ1) is 26.5. The van der Waals surface area contributed by atoms with Crippen LogP contribution in [0.15, 0.2) is 29.2 Å². The van der Waals surface area contributed by atoms with Crippen LogP contribution < -0.4 is 5.32 Å². The topological polar surface area (TPSA) is 119 Å². The highest BCUT2D eigenvalue weighted by atomic mass is 32.2. The van der Waals surface area contributed by atoms with Gasteiger partial charge in [-0.05, 0) is 43.0 Å². The first-order chi connectivity index (χ1) is 14.5. The van der Waals surface area contributed by atoms with Gasteiger partial charge in [0.05, 0.1) is 12.0 Å². The molecule has 0 spiro atoms. The van der Waals surface area contributed by atoms with E-state index in [1.807, 2.05) is 13.8 Å². The van der Waals surface area contributed by atoms with E-state index in [1.165, 1.54) is 14.2 Å². The van der Waals surface area contributed by atoms with Gasteiger partial charge in [0.2, 0.25) is 10.0 Å². The maximum atomic E-state index is 13.0. The highest BCUT2D eigenvalue weighted by Gasteiger charge is 2.23. The van der Waals surface area contributed by atoms with Gasteiger partial charge in [0.15, 0.2) is 6.61 Å². The minimum Gasteiger partial charge on any atom is -0.467 e. The van der Waals surface area contributed by atoms with Gasteiger partial charge in [-0.2, -0.15) is 0 Å². The van der Waals surface area contributed by atoms with Crippen molar-refractivity contribution in [2.75, 3.05) is 27.3 Å². The quantitative estimate of drug-likeness (QED) is 0.469. The van der Waals surface area contributed by atoms with Gasteiger partial charge in [-0.25, -0.2) is 21.9 Å². The summed E-state index contributed by atoms with van der Waals surface area (Å²) in [4.78, 5) is 35.4.